The van der Waals surface area contributed by atoms with Crippen LogP contribution in [0.4, 0.5) is 0 Å². The van der Waals surface area contributed by atoms with Crippen LogP contribution in [-0.4, -0.2) is 110 Å². The number of aliphatic imine (C=N–C) groups is 1. The largest absolute Gasteiger partial charge is 0.357 e. The molecule has 0 saturated carbocycles. The van der Waals surface area contributed by atoms with E-state index < -0.39 is 0 Å². The van der Waals surface area contributed by atoms with Crippen molar-refractivity contribution in [3.63, 3.8) is 0 Å². The van der Waals surface area contributed by atoms with Crippen LogP contribution in [-0.2, 0) is 4.79 Å². The van der Waals surface area contributed by atoms with Crippen molar-refractivity contribution < 1.29 is 4.79 Å². The summed E-state index contributed by atoms with van der Waals surface area (Å²) in [5.41, 5.74) is 0. The standard InChI is InChI=1S/C24H46N6O/c1-4-25-24(26-17-22-9-8-10-28(19-22)18-21(2)3)30-15-13-27(14-16-30)20-23(31)29-11-6-5-7-12-29/h21-22H,4-20H2,1-3H3,(H,25,26). The normalized spacial score (nSPS) is 24.6. The van der Waals surface area contributed by atoms with Crippen LogP contribution in [0.3, 0.4) is 0 Å². The molecular weight excluding hydrogens is 388 g/mol. The van der Waals surface area contributed by atoms with Crippen molar-refractivity contribution in [3.05, 3.63) is 0 Å². The highest BCUT2D eigenvalue weighted by molar-refractivity contribution is 5.80. The van der Waals surface area contributed by atoms with Gasteiger partial charge in [-0.05, 0) is 57.4 Å². The molecule has 3 aliphatic rings. The van der Waals surface area contributed by atoms with Gasteiger partial charge in [-0.25, -0.2) is 0 Å². The van der Waals surface area contributed by atoms with Crippen LogP contribution in [0.5, 0.6) is 0 Å². The van der Waals surface area contributed by atoms with E-state index in [0.29, 0.717) is 18.4 Å². The second-order valence-corrected chi connectivity index (χ2v) is 10.1. The maximum Gasteiger partial charge on any atom is 0.236 e. The van der Waals surface area contributed by atoms with Gasteiger partial charge in [-0.3, -0.25) is 14.7 Å². The molecule has 7 heteroatoms. The van der Waals surface area contributed by atoms with Gasteiger partial charge >= 0.3 is 0 Å². The molecule has 0 aromatic carbocycles. The monoisotopic (exact) mass is 434 g/mol. The molecule has 0 aliphatic carbocycles. The van der Waals surface area contributed by atoms with Gasteiger partial charge < -0.3 is 20.0 Å². The highest BCUT2D eigenvalue weighted by atomic mass is 16.2. The first kappa shape index (κ1) is 24.3. The number of rotatable bonds is 7. The van der Waals surface area contributed by atoms with E-state index in [2.05, 4.69) is 45.7 Å². The lowest BCUT2D eigenvalue weighted by Crippen LogP contribution is -2.54. The van der Waals surface area contributed by atoms with Gasteiger partial charge in [-0.1, -0.05) is 13.8 Å². The number of amides is 1. The first-order valence-electron chi connectivity index (χ1n) is 12.8. The van der Waals surface area contributed by atoms with Gasteiger partial charge in [-0.15, -0.1) is 0 Å². The molecule has 3 saturated heterocycles. The minimum Gasteiger partial charge on any atom is -0.357 e. The maximum atomic E-state index is 12.6. The number of carbonyl (C=O) groups excluding carboxylic acids is 1. The fraction of sp³-hybridized carbons (Fsp3) is 0.917. The SMILES string of the molecule is CCNC(=NCC1CCCN(CC(C)C)C1)N1CCN(CC(=O)N2CCCCC2)CC1. The molecule has 0 spiro atoms. The van der Waals surface area contributed by atoms with Crippen LogP contribution >= 0.6 is 0 Å². The van der Waals surface area contributed by atoms with E-state index in [0.717, 1.165) is 77.1 Å². The van der Waals surface area contributed by atoms with E-state index >= 15 is 0 Å². The van der Waals surface area contributed by atoms with Crippen LogP contribution in [0.25, 0.3) is 0 Å². The summed E-state index contributed by atoms with van der Waals surface area (Å²) in [7, 11) is 0. The third-order valence-corrected chi connectivity index (χ3v) is 6.80. The minimum absolute atomic E-state index is 0.317. The van der Waals surface area contributed by atoms with Gasteiger partial charge in [0.25, 0.3) is 0 Å². The summed E-state index contributed by atoms with van der Waals surface area (Å²) in [6.45, 7) is 18.5. The fourth-order valence-corrected chi connectivity index (χ4v) is 5.18. The lowest BCUT2D eigenvalue weighted by molar-refractivity contribution is -0.133. The second-order valence-electron chi connectivity index (χ2n) is 10.1. The van der Waals surface area contributed by atoms with Gasteiger partial charge in [-0.2, -0.15) is 0 Å². The number of hydrogen-bond acceptors (Lipinski definition) is 4. The molecular formula is C24H46N6O. The molecule has 31 heavy (non-hydrogen) atoms. The zero-order chi connectivity index (χ0) is 22.1. The molecule has 0 bridgehead atoms. The van der Waals surface area contributed by atoms with E-state index in [1.807, 2.05) is 0 Å². The Balaban J connectivity index is 1.45. The Labute approximate surface area is 190 Å². The Bertz CT molecular complexity index is 566. The summed E-state index contributed by atoms with van der Waals surface area (Å²) in [4.78, 5) is 27.0. The van der Waals surface area contributed by atoms with Crippen molar-refractivity contribution in [2.24, 2.45) is 16.8 Å². The number of carbonyl (C=O) groups is 1. The molecule has 0 aromatic rings. The van der Waals surface area contributed by atoms with E-state index in [4.69, 9.17) is 4.99 Å². The summed E-state index contributed by atoms with van der Waals surface area (Å²) in [6.07, 6.45) is 6.19. The molecule has 1 unspecified atom stereocenters. The van der Waals surface area contributed by atoms with Crippen LogP contribution in [0.1, 0.15) is 52.9 Å². The summed E-state index contributed by atoms with van der Waals surface area (Å²) < 4.78 is 0. The van der Waals surface area contributed by atoms with Gasteiger partial charge in [0.1, 0.15) is 0 Å². The van der Waals surface area contributed by atoms with Crippen molar-refractivity contribution in [1.29, 1.82) is 0 Å². The molecule has 1 atom stereocenters. The molecule has 178 valence electrons. The molecule has 1 N–H and O–H groups in total. The number of nitrogens with zero attached hydrogens (tertiary/aromatic N) is 5. The first-order valence-corrected chi connectivity index (χ1v) is 12.8. The van der Waals surface area contributed by atoms with Crippen LogP contribution in [0, 0.1) is 11.8 Å². The van der Waals surface area contributed by atoms with Crippen molar-refractivity contribution in [2.75, 3.05) is 78.5 Å². The average Bonchev–Trinajstić information content (AvgIpc) is 2.77. The predicted octanol–water partition coefficient (Wildman–Crippen LogP) is 1.95. The van der Waals surface area contributed by atoms with Crippen molar-refractivity contribution in [3.8, 4) is 0 Å². The van der Waals surface area contributed by atoms with Gasteiger partial charge in [0, 0.05) is 65.4 Å². The quantitative estimate of drug-likeness (QED) is 0.490. The van der Waals surface area contributed by atoms with Crippen molar-refractivity contribution >= 4 is 11.9 Å². The number of nitrogens with one attached hydrogen (secondary N) is 1. The zero-order valence-corrected chi connectivity index (χ0v) is 20.3. The number of hydrogen-bond donors (Lipinski definition) is 1. The van der Waals surface area contributed by atoms with Crippen molar-refractivity contribution in [1.82, 2.24) is 24.9 Å². The Kier molecular flexibility index (Phi) is 9.91. The lowest BCUT2D eigenvalue weighted by Gasteiger charge is -2.38. The third kappa shape index (κ3) is 7.94. The molecule has 1 amide bonds. The third-order valence-electron chi connectivity index (χ3n) is 6.80. The minimum atomic E-state index is 0.317. The second kappa shape index (κ2) is 12.6. The predicted molar refractivity (Wildman–Crippen MR) is 128 cm³/mol. The molecule has 3 rings (SSSR count). The van der Waals surface area contributed by atoms with Crippen LogP contribution < -0.4 is 5.32 Å². The van der Waals surface area contributed by atoms with Gasteiger partial charge in [0.05, 0.1) is 6.54 Å². The number of guanidine groups is 1. The Morgan fingerprint density at radius 1 is 0.935 bits per heavy atom. The van der Waals surface area contributed by atoms with E-state index in [-0.39, 0.29) is 0 Å². The fourth-order valence-electron chi connectivity index (χ4n) is 5.18. The number of piperazine rings is 1. The van der Waals surface area contributed by atoms with Crippen molar-refractivity contribution in [2.45, 2.75) is 52.9 Å². The van der Waals surface area contributed by atoms with Gasteiger partial charge in [0.15, 0.2) is 5.96 Å². The number of piperidine rings is 2. The molecule has 3 fully saturated rings. The molecule has 0 radical (unpaired) electrons. The summed E-state index contributed by atoms with van der Waals surface area (Å²) >= 11 is 0. The first-order chi connectivity index (χ1) is 15.0. The Morgan fingerprint density at radius 3 is 2.35 bits per heavy atom. The zero-order valence-electron chi connectivity index (χ0n) is 20.3. The summed E-state index contributed by atoms with van der Waals surface area (Å²) in [5, 5.41) is 3.51. The highest BCUT2D eigenvalue weighted by Gasteiger charge is 2.25. The number of likely N-dealkylation sites (tertiary alicyclic amines) is 2. The Hall–Kier alpha value is -1.34. The summed E-state index contributed by atoms with van der Waals surface area (Å²) in [5.74, 6) is 2.78. The smallest absolute Gasteiger partial charge is 0.236 e. The Morgan fingerprint density at radius 2 is 1.68 bits per heavy atom. The van der Waals surface area contributed by atoms with E-state index in [1.165, 1.54) is 38.9 Å². The molecule has 3 aliphatic heterocycles. The average molecular weight is 435 g/mol. The van der Waals surface area contributed by atoms with E-state index in [9.17, 15) is 4.79 Å². The van der Waals surface area contributed by atoms with Gasteiger partial charge in [0.2, 0.25) is 5.91 Å². The topological polar surface area (TPSA) is 54.4 Å². The molecule has 0 aromatic heterocycles. The lowest BCUT2D eigenvalue weighted by atomic mass is 9.97. The molecule has 7 nitrogen and oxygen atoms in total. The van der Waals surface area contributed by atoms with Crippen LogP contribution in [0.2, 0.25) is 0 Å². The maximum absolute atomic E-state index is 12.6. The van der Waals surface area contributed by atoms with Crippen LogP contribution in [0.15, 0.2) is 4.99 Å². The molecule has 3 heterocycles. The summed E-state index contributed by atoms with van der Waals surface area (Å²) in [6, 6.07) is 0. The highest BCUT2D eigenvalue weighted by Crippen LogP contribution is 2.18. The van der Waals surface area contributed by atoms with E-state index in [1.54, 1.807) is 0 Å².